The number of nitrogens with zero attached hydrogens (tertiary/aromatic N) is 1. The Morgan fingerprint density at radius 1 is 1.00 bits per heavy atom. The van der Waals surface area contributed by atoms with Gasteiger partial charge in [0, 0.05) is 20.1 Å². The van der Waals surface area contributed by atoms with Gasteiger partial charge in [-0.1, -0.05) is 18.2 Å². The fourth-order valence-corrected chi connectivity index (χ4v) is 2.50. The van der Waals surface area contributed by atoms with Crippen LogP contribution in [0.15, 0.2) is 47.5 Å². The molecule has 0 aromatic heterocycles. The number of ether oxygens (including phenoxy) is 2. The monoisotopic (exact) mass is 493 g/mol. The van der Waals surface area contributed by atoms with Crippen LogP contribution >= 0.6 is 24.0 Å². The van der Waals surface area contributed by atoms with Gasteiger partial charge in [-0.3, -0.25) is 4.99 Å². The van der Waals surface area contributed by atoms with Gasteiger partial charge in [0.25, 0.3) is 0 Å². The summed E-state index contributed by atoms with van der Waals surface area (Å²) in [6, 6.07) is 10.8. The zero-order valence-electron chi connectivity index (χ0n) is 14.5. The minimum absolute atomic E-state index is 0. The fourth-order valence-electron chi connectivity index (χ4n) is 2.50. The van der Waals surface area contributed by atoms with E-state index < -0.39 is 11.7 Å². The third kappa shape index (κ3) is 5.65. The number of hydrogen-bond donors (Lipinski definition) is 2. The molecule has 0 saturated carbocycles. The van der Waals surface area contributed by atoms with Gasteiger partial charge in [-0.05, 0) is 35.4 Å². The molecule has 3 rings (SSSR count). The molecule has 0 radical (unpaired) electrons. The molecule has 2 aromatic rings. The van der Waals surface area contributed by atoms with Gasteiger partial charge >= 0.3 is 6.18 Å². The molecular weight excluding hydrogens is 474 g/mol. The quantitative estimate of drug-likeness (QED) is 0.386. The van der Waals surface area contributed by atoms with Crippen LogP contribution in [0.2, 0.25) is 0 Å². The third-order valence-electron chi connectivity index (χ3n) is 3.83. The van der Waals surface area contributed by atoms with Crippen molar-refractivity contribution < 1.29 is 22.6 Å². The highest BCUT2D eigenvalue weighted by molar-refractivity contribution is 14.0. The maximum atomic E-state index is 12.8. The molecule has 0 saturated heterocycles. The predicted octanol–water partition coefficient (Wildman–Crippen LogP) is 3.92. The molecule has 0 spiro atoms. The van der Waals surface area contributed by atoms with Gasteiger partial charge in [0.1, 0.15) is 0 Å². The molecule has 9 heteroatoms. The molecule has 1 heterocycles. The summed E-state index contributed by atoms with van der Waals surface area (Å²) < 4.78 is 48.9. The molecule has 1 aliphatic rings. The van der Waals surface area contributed by atoms with Crippen molar-refractivity contribution in [3.05, 3.63) is 59.2 Å². The molecule has 2 aromatic carbocycles. The minimum Gasteiger partial charge on any atom is -0.454 e. The van der Waals surface area contributed by atoms with Crippen LogP contribution in [-0.2, 0) is 19.3 Å². The first kappa shape index (κ1) is 21.1. The van der Waals surface area contributed by atoms with E-state index in [4.69, 9.17) is 9.47 Å². The lowest BCUT2D eigenvalue weighted by Crippen LogP contribution is -2.36. The van der Waals surface area contributed by atoms with Gasteiger partial charge in [-0.15, -0.1) is 24.0 Å². The van der Waals surface area contributed by atoms with Crippen LogP contribution in [0.5, 0.6) is 11.5 Å². The van der Waals surface area contributed by atoms with Crippen LogP contribution in [0, 0.1) is 0 Å². The van der Waals surface area contributed by atoms with E-state index in [-0.39, 0.29) is 37.3 Å². The lowest BCUT2D eigenvalue weighted by atomic mass is 10.1. The summed E-state index contributed by atoms with van der Waals surface area (Å²) in [6.07, 6.45) is -4.35. The molecule has 0 atom stereocenters. The predicted molar refractivity (Wildman–Crippen MR) is 106 cm³/mol. The van der Waals surface area contributed by atoms with Gasteiger partial charge in [0.05, 0.1) is 5.56 Å². The van der Waals surface area contributed by atoms with E-state index in [2.05, 4.69) is 15.6 Å². The lowest BCUT2D eigenvalue weighted by molar-refractivity contribution is -0.137. The highest BCUT2D eigenvalue weighted by Crippen LogP contribution is 2.32. The largest absolute Gasteiger partial charge is 0.454 e. The lowest BCUT2D eigenvalue weighted by Gasteiger charge is -2.13. The first-order valence-electron chi connectivity index (χ1n) is 7.95. The summed E-state index contributed by atoms with van der Waals surface area (Å²) in [5, 5.41) is 6.11. The first-order chi connectivity index (χ1) is 12.5. The summed E-state index contributed by atoms with van der Waals surface area (Å²) in [6.45, 7) is 0.927. The number of alkyl halides is 3. The summed E-state index contributed by atoms with van der Waals surface area (Å²) in [5.74, 6) is 1.89. The normalized spacial score (nSPS) is 13.1. The van der Waals surface area contributed by atoms with E-state index in [1.165, 1.54) is 6.07 Å². The van der Waals surface area contributed by atoms with E-state index >= 15 is 0 Å². The van der Waals surface area contributed by atoms with Crippen molar-refractivity contribution in [2.75, 3.05) is 13.8 Å². The molecule has 0 unspecified atom stereocenters. The van der Waals surface area contributed by atoms with Crippen molar-refractivity contribution in [3.63, 3.8) is 0 Å². The average molecular weight is 493 g/mol. The summed E-state index contributed by atoms with van der Waals surface area (Å²) in [7, 11) is 1.60. The number of benzene rings is 2. The molecular formula is C18H19F3IN3O2. The summed E-state index contributed by atoms with van der Waals surface area (Å²) in [5.41, 5.74) is 0.822. The number of nitrogens with one attached hydrogen (secondary N) is 2. The molecule has 1 aliphatic heterocycles. The molecule has 2 N–H and O–H groups in total. The van der Waals surface area contributed by atoms with E-state index in [1.807, 2.05) is 18.2 Å². The Kier molecular flexibility index (Phi) is 7.17. The summed E-state index contributed by atoms with van der Waals surface area (Å²) >= 11 is 0. The highest BCUT2D eigenvalue weighted by Gasteiger charge is 2.30. The second-order valence-corrected chi connectivity index (χ2v) is 5.67. The second-order valence-electron chi connectivity index (χ2n) is 5.67. The number of halogens is 4. The Hall–Kier alpha value is -2.17. The Labute approximate surface area is 172 Å². The van der Waals surface area contributed by atoms with Crippen LogP contribution in [0.25, 0.3) is 0 Å². The molecule has 0 amide bonds. The van der Waals surface area contributed by atoms with Crippen molar-refractivity contribution in [2.24, 2.45) is 4.99 Å². The van der Waals surface area contributed by atoms with Crippen LogP contribution in [0.3, 0.4) is 0 Å². The molecule has 5 nitrogen and oxygen atoms in total. The van der Waals surface area contributed by atoms with Crippen molar-refractivity contribution in [3.8, 4) is 11.5 Å². The van der Waals surface area contributed by atoms with E-state index in [0.29, 0.717) is 29.6 Å². The Morgan fingerprint density at radius 3 is 2.33 bits per heavy atom. The number of hydrogen-bond acceptors (Lipinski definition) is 3. The maximum absolute atomic E-state index is 12.8. The maximum Gasteiger partial charge on any atom is 0.416 e. The van der Waals surface area contributed by atoms with Crippen molar-refractivity contribution >= 4 is 29.9 Å². The van der Waals surface area contributed by atoms with Gasteiger partial charge in [0.2, 0.25) is 6.79 Å². The van der Waals surface area contributed by atoms with Crippen LogP contribution in [-0.4, -0.2) is 19.8 Å². The molecule has 0 aliphatic carbocycles. The SMILES string of the molecule is CN=C(NCc1cccc(C(F)(F)F)c1)NCc1ccc2c(c1)OCO2.I. The Morgan fingerprint density at radius 2 is 1.67 bits per heavy atom. The smallest absolute Gasteiger partial charge is 0.416 e. The van der Waals surface area contributed by atoms with Gasteiger partial charge in [0.15, 0.2) is 17.5 Å². The molecule has 27 heavy (non-hydrogen) atoms. The average Bonchev–Trinajstić information content (AvgIpc) is 3.09. The van der Waals surface area contributed by atoms with Gasteiger partial charge in [-0.2, -0.15) is 13.2 Å². The highest BCUT2D eigenvalue weighted by atomic mass is 127. The number of fused-ring (bicyclic) bond motifs is 1. The van der Waals surface area contributed by atoms with E-state index in [1.54, 1.807) is 13.1 Å². The minimum atomic E-state index is -4.35. The number of rotatable bonds is 4. The first-order valence-corrected chi connectivity index (χ1v) is 7.95. The zero-order chi connectivity index (χ0) is 18.6. The van der Waals surface area contributed by atoms with Crippen molar-refractivity contribution in [1.82, 2.24) is 10.6 Å². The standard InChI is InChI=1S/C18H18F3N3O2.HI/c1-22-17(23-9-12-3-2-4-14(7-12)18(19,20)21)24-10-13-5-6-15-16(8-13)26-11-25-15;/h2-8H,9-11H2,1H3,(H2,22,23,24);1H. The fraction of sp³-hybridized carbons (Fsp3) is 0.278. The molecule has 0 fully saturated rings. The molecule has 146 valence electrons. The molecule has 0 bridgehead atoms. The summed E-state index contributed by atoms with van der Waals surface area (Å²) in [4.78, 5) is 4.08. The Bertz CT molecular complexity index is 813. The van der Waals surface area contributed by atoms with Crippen LogP contribution < -0.4 is 20.1 Å². The van der Waals surface area contributed by atoms with Crippen LogP contribution in [0.1, 0.15) is 16.7 Å². The van der Waals surface area contributed by atoms with Crippen LogP contribution in [0.4, 0.5) is 13.2 Å². The number of aliphatic imine (C=N–C) groups is 1. The number of guanidine groups is 1. The topological polar surface area (TPSA) is 54.9 Å². The van der Waals surface area contributed by atoms with Crippen molar-refractivity contribution in [2.45, 2.75) is 19.3 Å². The Balaban J connectivity index is 0.00000261. The third-order valence-corrected chi connectivity index (χ3v) is 3.83. The van der Waals surface area contributed by atoms with Crippen molar-refractivity contribution in [1.29, 1.82) is 0 Å². The van der Waals surface area contributed by atoms with E-state index in [0.717, 1.165) is 17.7 Å². The van der Waals surface area contributed by atoms with Gasteiger partial charge < -0.3 is 20.1 Å². The van der Waals surface area contributed by atoms with E-state index in [9.17, 15) is 13.2 Å². The van der Waals surface area contributed by atoms with Gasteiger partial charge in [-0.25, -0.2) is 0 Å². The second kappa shape index (κ2) is 9.16. The zero-order valence-corrected chi connectivity index (χ0v) is 16.8.